The van der Waals surface area contributed by atoms with E-state index >= 15 is 0 Å². The second kappa shape index (κ2) is 5.24. The zero-order chi connectivity index (χ0) is 13.1. The minimum atomic E-state index is -1.08. The SMILES string of the molecule is O=C(O)C1COCN1C(=O)Nc1ccc(Cl)cc1. The van der Waals surface area contributed by atoms with E-state index in [1.54, 1.807) is 24.3 Å². The number of urea groups is 1. The molecule has 1 aliphatic rings. The number of amides is 2. The summed E-state index contributed by atoms with van der Waals surface area (Å²) in [7, 11) is 0. The van der Waals surface area contributed by atoms with Gasteiger partial charge in [-0.1, -0.05) is 11.6 Å². The van der Waals surface area contributed by atoms with E-state index in [1.807, 2.05) is 0 Å². The number of hydrogen-bond acceptors (Lipinski definition) is 3. The first kappa shape index (κ1) is 12.7. The van der Waals surface area contributed by atoms with Gasteiger partial charge in [0, 0.05) is 10.7 Å². The molecule has 0 radical (unpaired) electrons. The first-order valence-corrected chi connectivity index (χ1v) is 5.59. The van der Waals surface area contributed by atoms with E-state index < -0.39 is 18.0 Å². The highest BCUT2D eigenvalue weighted by atomic mass is 35.5. The third-order valence-corrected chi connectivity index (χ3v) is 2.78. The quantitative estimate of drug-likeness (QED) is 0.856. The third-order valence-electron chi connectivity index (χ3n) is 2.52. The van der Waals surface area contributed by atoms with Crippen molar-refractivity contribution in [2.24, 2.45) is 0 Å². The normalized spacial score (nSPS) is 18.7. The Balaban J connectivity index is 2.03. The molecule has 0 saturated carbocycles. The van der Waals surface area contributed by atoms with Gasteiger partial charge in [0.1, 0.15) is 6.73 Å². The zero-order valence-electron chi connectivity index (χ0n) is 9.30. The van der Waals surface area contributed by atoms with Crippen molar-refractivity contribution in [1.29, 1.82) is 0 Å². The van der Waals surface area contributed by atoms with Crippen LogP contribution in [0.1, 0.15) is 0 Å². The molecule has 2 N–H and O–H groups in total. The van der Waals surface area contributed by atoms with Crippen LogP contribution in [0.5, 0.6) is 0 Å². The Hall–Kier alpha value is -1.79. The Morgan fingerprint density at radius 1 is 1.39 bits per heavy atom. The fourth-order valence-corrected chi connectivity index (χ4v) is 1.70. The summed E-state index contributed by atoms with van der Waals surface area (Å²) in [6.07, 6.45) is 0. The number of carbonyl (C=O) groups is 2. The van der Waals surface area contributed by atoms with Crippen LogP contribution in [0.25, 0.3) is 0 Å². The summed E-state index contributed by atoms with van der Waals surface area (Å²) in [4.78, 5) is 23.9. The number of carboxylic acids is 1. The van der Waals surface area contributed by atoms with Gasteiger partial charge in [-0.15, -0.1) is 0 Å². The van der Waals surface area contributed by atoms with Crippen molar-refractivity contribution < 1.29 is 19.4 Å². The number of benzene rings is 1. The lowest BCUT2D eigenvalue weighted by molar-refractivity contribution is -0.140. The molecule has 1 heterocycles. The van der Waals surface area contributed by atoms with Gasteiger partial charge in [0.05, 0.1) is 6.61 Å². The van der Waals surface area contributed by atoms with Crippen molar-refractivity contribution in [2.75, 3.05) is 18.7 Å². The highest BCUT2D eigenvalue weighted by molar-refractivity contribution is 6.30. The van der Waals surface area contributed by atoms with Gasteiger partial charge in [0.25, 0.3) is 0 Å². The topological polar surface area (TPSA) is 78.9 Å². The highest BCUT2D eigenvalue weighted by Crippen LogP contribution is 2.16. The van der Waals surface area contributed by atoms with Crippen molar-refractivity contribution in [2.45, 2.75) is 6.04 Å². The van der Waals surface area contributed by atoms with Gasteiger partial charge >= 0.3 is 12.0 Å². The molecule has 1 atom stereocenters. The maximum atomic E-state index is 11.9. The van der Waals surface area contributed by atoms with E-state index in [-0.39, 0.29) is 13.3 Å². The number of halogens is 1. The molecule has 1 fully saturated rings. The minimum Gasteiger partial charge on any atom is -0.480 e. The molecule has 1 aromatic rings. The highest BCUT2D eigenvalue weighted by Gasteiger charge is 2.35. The second-order valence-corrected chi connectivity index (χ2v) is 4.20. The van der Waals surface area contributed by atoms with Gasteiger partial charge in [-0.25, -0.2) is 9.59 Å². The second-order valence-electron chi connectivity index (χ2n) is 3.76. The van der Waals surface area contributed by atoms with Gasteiger partial charge in [0.2, 0.25) is 0 Å². The molecule has 1 saturated heterocycles. The first-order valence-electron chi connectivity index (χ1n) is 5.21. The van der Waals surface area contributed by atoms with Gasteiger partial charge in [-0.3, -0.25) is 4.90 Å². The minimum absolute atomic E-state index is 0.00334. The van der Waals surface area contributed by atoms with E-state index in [9.17, 15) is 9.59 Å². The monoisotopic (exact) mass is 270 g/mol. The Bertz CT molecular complexity index is 463. The maximum Gasteiger partial charge on any atom is 0.328 e. The Labute approximate surface area is 108 Å². The summed E-state index contributed by atoms with van der Waals surface area (Å²) in [5.74, 6) is -1.08. The number of rotatable bonds is 2. The number of carboxylic acid groups (broad SMARTS) is 1. The molecule has 18 heavy (non-hydrogen) atoms. The number of nitrogens with zero attached hydrogens (tertiary/aromatic N) is 1. The first-order chi connectivity index (χ1) is 8.58. The molecular weight excluding hydrogens is 260 g/mol. The van der Waals surface area contributed by atoms with Crippen LogP contribution in [0.2, 0.25) is 5.02 Å². The lowest BCUT2D eigenvalue weighted by Gasteiger charge is -2.19. The summed E-state index contributed by atoms with van der Waals surface area (Å²) in [5.41, 5.74) is 0.542. The van der Waals surface area contributed by atoms with Gasteiger partial charge < -0.3 is 15.2 Å². The molecule has 6 nitrogen and oxygen atoms in total. The smallest absolute Gasteiger partial charge is 0.328 e. The Kier molecular flexibility index (Phi) is 3.69. The molecule has 96 valence electrons. The zero-order valence-corrected chi connectivity index (χ0v) is 10.1. The van der Waals surface area contributed by atoms with Crippen LogP contribution in [0.4, 0.5) is 10.5 Å². The van der Waals surface area contributed by atoms with Crippen molar-refractivity contribution in [3.05, 3.63) is 29.3 Å². The number of anilines is 1. The van der Waals surface area contributed by atoms with Gasteiger partial charge in [0.15, 0.2) is 6.04 Å². The molecule has 2 amide bonds. The molecule has 0 bridgehead atoms. The molecule has 1 unspecified atom stereocenters. The molecule has 7 heteroatoms. The Morgan fingerprint density at radius 2 is 2.06 bits per heavy atom. The number of ether oxygens (including phenoxy) is 1. The summed E-state index contributed by atoms with van der Waals surface area (Å²) < 4.78 is 4.97. The Morgan fingerprint density at radius 3 is 2.67 bits per heavy atom. The summed E-state index contributed by atoms with van der Waals surface area (Å²) in [6.45, 7) is -0.0280. The summed E-state index contributed by atoms with van der Waals surface area (Å²) in [6, 6.07) is 5.07. The molecule has 1 aromatic carbocycles. The predicted molar refractivity (Wildman–Crippen MR) is 64.6 cm³/mol. The average Bonchev–Trinajstić information content (AvgIpc) is 2.81. The molecule has 2 rings (SSSR count). The summed E-state index contributed by atoms with van der Waals surface area (Å²) >= 11 is 5.72. The van der Waals surface area contributed by atoms with Gasteiger partial charge in [-0.05, 0) is 24.3 Å². The van der Waals surface area contributed by atoms with Crippen molar-refractivity contribution in [1.82, 2.24) is 4.90 Å². The molecule has 0 spiro atoms. The van der Waals surface area contributed by atoms with Crippen LogP contribution in [-0.2, 0) is 9.53 Å². The molecular formula is C11H11ClN2O4. The van der Waals surface area contributed by atoms with Crippen LogP contribution in [-0.4, -0.2) is 41.4 Å². The predicted octanol–water partition coefficient (Wildman–Crippen LogP) is 1.61. The van der Waals surface area contributed by atoms with Crippen LogP contribution in [0, 0.1) is 0 Å². The van der Waals surface area contributed by atoms with Crippen LogP contribution in [0.3, 0.4) is 0 Å². The van der Waals surface area contributed by atoms with Crippen LogP contribution < -0.4 is 5.32 Å². The van der Waals surface area contributed by atoms with Crippen molar-refractivity contribution in [3.8, 4) is 0 Å². The van der Waals surface area contributed by atoms with E-state index in [1.165, 1.54) is 0 Å². The maximum absolute atomic E-state index is 11.9. The molecule has 0 aliphatic carbocycles. The lowest BCUT2D eigenvalue weighted by Crippen LogP contribution is -2.43. The third kappa shape index (κ3) is 2.72. The van der Waals surface area contributed by atoms with Crippen LogP contribution in [0.15, 0.2) is 24.3 Å². The van der Waals surface area contributed by atoms with E-state index in [4.69, 9.17) is 21.4 Å². The number of aliphatic carboxylic acids is 1. The van der Waals surface area contributed by atoms with E-state index in [0.717, 1.165) is 4.90 Å². The lowest BCUT2D eigenvalue weighted by atomic mass is 10.3. The van der Waals surface area contributed by atoms with Crippen molar-refractivity contribution in [3.63, 3.8) is 0 Å². The largest absolute Gasteiger partial charge is 0.480 e. The molecule has 0 aromatic heterocycles. The number of hydrogen-bond donors (Lipinski definition) is 2. The average molecular weight is 271 g/mol. The number of nitrogens with one attached hydrogen (secondary N) is 1. The van der Waals surface area contributed by atoms with E-state index in [2.05, 4.69) is 5.32 Å². The molecule has 1 aliphatic heterocycles. The fraction of sp³-hybridized carbons (Fsp3) is 0.273. The standard InChI is InChI=1S/C11H11ClN2O4/c12-7-1-3-8(4-2-7)13-11(17)14-6-18-5-9(14)10(15)16/h1-4,9H,5-6H2,(H,13,17)(H,15,16). The van der Waals surface area contributed by atoms with Gasteiger partial charge in [-0.2, -0.15) is 0 Å². The van der Waals surface area contributed by atoms with E-state index in [0.29, 0.717) is 10.7 Å². The fourth-order valence-electron chi connectivity index (χ4n) is 1.58. The van der Waals surface area contributed by atoms with Crippen molar-refractivity contribution >= 4 is 29.3 Å². The van der Waals surface area contributed by atoms with Crippen LogP contribution >= 0.6 is 11.6 Å². The summed E-state index contributed by atoms with van der Waals surface area (Å²) in [5, 5.41) is 12.1. The number of carbonyl (C=O) groups excluding carboxylic acids is 1.